The normalized spacial score (nSPS) is 5.60. The second-order valence-electron chi connectivity index (χ2n) is 0.529. The van der Waals surface area contributed by atoms with Crippen molar-refractivity contribution in [1.29, 1.82) is 0 Å². The molecule has 6 nitrogen and oxygen atoms in total. The van der Waals surface area contributed by atoms with Crippen LogP contribution in [0.3, 0.4) is 0 Å². The van der Waals surface area contributed by atoms with Crippen LogP contribution >= 0.6 is 15.8 Å². The Balaban J connectivity index is -0.0000000600. The molecule has 0 aromatic heterocycles. The van der Waals surface area contributed by atoms with E-state index in [0.717, 1.165) is 0 Å². The summed E-state index contributed by atoms with van der Waals surface area (Å²) >= 11 is 0. The molecule has 10 heavy (non-hydrogen) atoms. The molecule has 0 aliphatic heterocycles. The van der Waals surface area contributed by atoms with Gasteiger partial charge in [-0.1, -0.05) is 0 Å². The van der Waals surface area contributed by atoms with Gasteiger partial charge in [-0.3, -0.25) is 0 Å². The Hall–Kier alpha value is 2.99. The molecule has 0 heterocycles. The van der Waals surface area contributed by atoms with Crippen LogP contribution in [0.2, 0.25) is 0 Å². The minimum absolute atomic E-state index is 0. The second-order valence-corrected chi connectivity index (χ2v) is 2.08. The SMILES string of the molecule is O=P(=O)OP(=O)=O.[K+].[K+].[O-2]. The van der Waals surface area contributed by atoms with E-state index in [2.05, 4.69) is 4.31 Å². The van der Waals surface area contributed by atoms with Gasteiger partial charge in [0.2, 0.25) is 0 Å². The van der Waals surface area contributed by atoms with E-state index in [1.165, 1.54) is 0 Å². The summed E-state index contributed by atoms with van der Waals surface area (Å²) in [5.74, 6) is 0. The fourth-order valence-corrected chi connectivity index (χ4v) is 0.490. The molecule has 0 fully saturated rings. The van der Waals surface area contributed by atoms with Crippen molar-refractivity contribution in [3.63, 3.8) is 0 Å². The van der Waals surface area contributed by atoms with Gasteiger partial charge in [-0.15, -0.1) is 0 Å². The van der Waals surface area contributed by atoms with Gasteiger partial charge in [0.15, 0.2) is 0 Å². The summed E-state index contributed by atoms with van der Waals surface area (Å²) in [6, 6.07) is 0. The Morgan fingerprint density at radius 3 is 1.00 bits per heavy atom. The van der Waals surface area contributed by atoms with Crippen LogP contribution in [-0.4, -0.2) is 0 Å². The first-order valence-corrected chi connectivity index (χ1v) is 3.29. The van der Waals surface area contributed by atoms with Crippen LogP contribution in [0.15, 0.2) is 0 Å². The van der Waals surface area contributed by atoms with Gasteiger partial charge in [-0.2, -0.15) is 4.31 Å². The Morgan fingerprint density at radius 2 is 1.00 bits per heavy atom. The van der Waals surface area contributed by atoms with Crippen molar-refractivity contribution < 1.29 is 131 Å². The average Bonchev–Trinajstić information content (AvgIpc) is 1.27. The average molecular weight is 236 g/mol. The Morgan fingerprint density at radius 1 is 0.800 bits per heavy atom. The Bertz CT molecular complexity index is 142. The van der Waals surface area contributed by atoms with Gasteiger partial charge in [0.1, 0.15) is 0 Å². The molecule has 0 aromatic rings. The van der Waals surface area contributed by atoms with E-state index in [-0.39, 0.29) is 108 Å². The van der Waals surface area contributed by atoms with Crippen molar-refractivity contribution >= 4 is 15.8 Å². The Kier molecular flexibility index (Phi) is 33.5. The van der Waals surface area contributed by atoms with Crippen molar-refractivity contribution in [1.82, 2.24) is 0 Å². The van der Waals surface area contributed by atoms with Crippen LogP contribution < -0.4 is 103 Å². The van der Waals surface area contributed by atoms with E-state index >= 15 is 0 Å². The molecule has 0 saturated heterocycles. The summed E-state index contributed by atoms with van der Waals surface area (Å²) in [7, 11) is -6.47. The van der Waals surface area contributed by atoms with Crippen LogP contribution in [-0.2, 0) is 28.0 Å². The molecule has 0 aliphatic rings. The molecule has 0 rings (SSSR count). The zero-order valence-corrected chi connectivity index (χ0v) is 13.4. The maximum Gasteiger partial charge on any atom is 1.00 e. The second kappa shape index (κ2) is 14.5. The molecule has 0 saturated carbocycles. The molecule has 0 aromatic carbocycles. The summed E-state index contributed by atoms with van der Waals surface area (Å²) in [6.07, 6.45) is 0. The summed E-state index contributed by atoms with van der Waals surface area (Å²) in [5.41, 5.74) is 0. The first-order valence-electron chi connectivity index (χ1n) is 1.10. The molecule has 0 unspecified atom stereocenters. The maximum absolute atomic E-state index is 9.24. The minimum Gasteiger partial charge on any atom is -2.00 e. The number of hydrogen-bond acceptors (Lipinski definition) is 5. The number of rotatable bonds is 2. The first-order chi connectivity index (χ1) is 3.13. The summed E-state index contributed by atoms with van der Waals surface area (Å²) < 4.78 is 40.1. The van der Waals surface area contributed by atoms with Crippen LogP contribution in [0, 0.1) is 0 Å². The van der Waals surface area contributed by atoms with Gasteiger partial charge in [-0.25, -0.2) is 18.3 Å². The minimum atomic E-state index is -3.24. The third-order valence-electron chi connectivity index (χ3n) is 0.133. The van der Waals surface area contributed by atoms with E-state index in [1.54, 1.807) is 0 Å². The molecule has 0 radical (unpaired) electrons. The molecule has 0 amide bonds. The molecular weight excluding hydrogens is 236 g/mol. The third-order valence-corrected chi connectivity index (χ3v) is 1.20. The Labute approximate surface area is 143 Å². The smallest absolute Gasteiger partial charge is 1.00 e. The van der Waals surface area contributed by atoms with E-state index in [9.17, 15) is 18.3 Å². The van der Waals surface area contributed by atoms with Gasteiger partial charge in [0.25, 0.3) is 0 Å². The van der Waals surface area contributed by atoms with Crippen LogP contribution in [0.25, 0.3) is 0 Å². The predicted octanol–water partition coefficient (Wildman–Crippen LogP) is -4.93. The topological polar surface area (TPSA) is 106 Å². The third kappa shape index (κ3) is 22.4. The van der Waals surface area contributed by atoms with Crippen molar-refractivity contribution in [2.45, 2.75) is 0 Å². The van der Waals surface area contributed by atoms with Crippen molar-refractivity contribution in [3.8, 4) is 0 Å². The first kappa shape index (κ1) is 23.1. The van der Waals surface area contributed by atoms with Gasteiger partial charge in [0.05, 0.1) is 0 Å². The van der Waals surface area contributed by atoms with E-state index in [4.69, 9.17) is 0 Å². The largest absolute Gasteiger partial charge is 2.00 e. The van der Waals surface area contributed by atoms with E-state index in [0.29, 0.717) is 0 Å². The molecule has 48 valence electrons. The van der Waals surface area contributed by atoms with Gasteiger partial charge in [-0.05, 0) is 0 Å². The monoisotopic (exact) mass is 236 g/mol. The number of hydrogen-bond donors (Lipinski definition) is 0. The van der Waals surface area contributed by atoms with Crippen LogP contribution in [0.5, 0.6) is 0 Å². The molecule has 10 heteroatoms. The zero-order valence-electron chi connectivity index (χ0n) is 5.34. The van der Waals surface area contributed by atoms with Crippen molar-refractivity contribution in [3.05, 3.63) is 0 Å². The summed E-state index contributed by atoms with van der Waals surface area (Å²) in [4.78, 5) is 0. The van der Waals surface area contributed by atoms with Gasteiger partial charge < -0.3 is 5.48 Å². The molecule has 0 aliphatic carbocycles. The predicted molar refractivity (Wildman–Crippen MR) is 18.4 cm³/mol. The van der Waals surface area contributed by atoms with E-state index in [1.807, 2.05) is 0 Å². The quantitative estimate of drug-likeness (QED) is 0.353. The fourth-order valence-electron chi connectivity index (χ4n) is 0.0544. The van der Waals surface area contributed by atoms with Crippen LogP contribution in [0.1, 0.15) is 0 Å². The van der Waals surface area contributed by atoms with E-state index < -0.39 is 15.8 Å². The summed E-state index contributed by atoms with van der Waals surface area (Å²) in [6.45, 7) is 0. The molecule has 0 bridgehead atoms. The van der Waals surface area contributed by atoms with Crippen molar-refractivity contribution in [2.24, 2.45) is 0 Å². The van der Waals surface area contributed by atoms with Crippen LogP contribution in [0.4, 0.5) is 0 Å². The standard InChI is InChI=1S/2K.O5P2.O/c;;1-6(2)5-7(3)4;/q2*+1;;-2. The molecule has 0 spiro atoms. The fraction of sp³-hybridized carbons (Fsp3) is 0. The molecule has 0 N–H and O–H groups in total. The van der Waals surface area contributed by atoms with Crippen molar-refractivity contribution in [2.75, 3.05) is 0 Å². The maximum atomic E-state index is 9.24. The molecule has 0 atom stereocenters. The van der Waals surface area contributed by atoms with Gasteiger partial charge in [0, 0.05) is 0 Å². The summed E-state index contributed by atoms with van der Waals surface area (Å²) in [5, 5.41) is 0. The zero-order chi connectivity index (χ0) is 5.86. The van der Waals surface area contributed by atoms with Gasteiger partial charge >= 0.3 is 119 Å². The molecular formula is K2O6P2.